The van der Waals surface area contributed by atoms with Gasteiger partial charge in [-0.2, -0.15) is 4.98 Å². The molecule has 3 rings (SSSR count). The summed E-state index contributed by atoms with van der Waals surface area (Å²) < 4.78 is 75.7. The summed E-state index contributed by atoms with van der Waals surface area (Å²) >= 11 is 0. The number of likely N-dealkylation sites (N-methyl/N-ethyl adjacent to an activating group) is 1. The average molecular weight is 322 g/mol. The van der Waals surface area contributed by atoms with Crippen molar-refractivity contribution < 1.29 is 17.1 Å². The fraction of sp³-hybridized carbons (Fsp3) is 0.500. The van der Waals surface area contributed by atoms with E-state index in [0.717, 1.165) is 11.5 Å². The maximum Gasteiger partial charge on any atom is 0.302 e. The summed E-state index contributed by atoms with van der Waals surface area (Å²) in [6, 6.07) is -1.17. The number of likely N-dealkylation sites (tertiary alicyclic amines) is 1. The first kappa shape index (κ1) is 7.77. The van der Waals surface area contributed by atoms with Gasteiger partial charge in [-0.25, -0.2) is 11.6 Å². The van der Waals surface area contributed by atoms with Crippen LogP contribution in [0.15, 0.2) is 18.6 Å². The van der Waals surface area contributed by atoms with Gasteiger partial charge in [0.05, 0.1) is 17.7 Å². The van der Waals surface area contributed by atoms with E-state index in [4.69, 9.17) is 18.9 Å². The van der Waals surface area contributed by atoms with Crippen molar-refractivity contribution in [3.8, 4) is 0 Å². The molecule has 1 fully saturated rings. The minimum atomic E-state index is -3.29. The van der Waals surface area contributed by atoms with Crippen molar-refractivity contribution in [3.05, 3.63) is 35.5 Å². The molecule has 1 aliphatic rings. The molecule has 1 saturated heterocycles. The van der Waals surface area contributed by atoms with Crippen molar-refractivity contribution in [2.24, 2.45) is 5.89 Å². The molecule has 3 heterocycles. The summed E-state index contributed by atoms with van der Waals surface area (Å²) in [5.41, 5.74) is 0.261. The number of fused-ring (bicyclic) bond motifs is 1. The van der Waals surface area contributed by atoms with Gasteiger partial charge >= 0.3 is 5.91 Å². The van der Waals surface area contributed by atoms with Crippen molar-refractivity contribution in [1.82, 2.24) is 24.4 Å². The van der Waals surface area contributed by atoms with Crippen LogP contribution in [0.4, 0.5) is 0 Å². The van der Waals surface area contributed by atoms with Gasteiger partial charge in [0, 0.05) is 16.8 Å². The molecule has 2 N–H and O–H groups in total. The summed E-state index contributed by atoms with van der Waals surface area (Å²) in [5, 5.41) is 0.352. The number of H-pyrrole nitrogens is 2. The molecule has 0 aliphatic carbocycles. The zero-order chi connectivity index (χ0) is 24.5. The molecular formula is C16H21N6O+. The fourth-order valence-corrected chi connectivity index (χ4v) is 2.33. The number of hydrogen-bond acceptors (Lipinski definition) is 2. The van der Waals surface area contributed by atoms with E-state index >= 15 is 0 Å². The van der Waals surface area contributed by atoms with Crippen LogP contribution in [0.1, 0.15) is 25.7 Å². The number of hydrogen-bond donors (Lipinski definition) is 2. The molecule has 7 heteroatoms. The second-order valence-corrected chi connectivity index (χ2v) is 4.94. The first-order chi connectivity index (χ1) is 14.4. The van der Waals surface area contributed by atoms with Crippen molar-refractivity contribution in [2.45, 2.75) is 19.4 Å². The lowest BCUT2D eigenvalue weighted by Gasteiger charge is -2.35. The highest BCUT2D eigenvalue weighted by atomic mass is 16.2. The summed E-state index contributed by atoms with van der Waals surface area (Å²) in [7, 11) is 1.25. The van der Waals surface area contributed by atoms with E-state index in [2.05, 4.69) is 19.8 Å². The number of nitrogens with zero attached hydrogens (tertiary/aromatic N) is 4. The Morgan fingerprint density at radius 2 is 2.61 bits per heavy atom. The van der Waals surface area contributed by atoms with E-state index in [-0.39, 0.29) is 22.3 Å². The zero-order valence-electron chi connectivity index (χ0n) is 21.6. The number of aromatic nitrogens is 3. The summed E-state index contributed by atoms with van der Waals surface area (Å²) in [4.78, 5) is 24.6. The SMILES string of the molecule is [2H]c1nc2[nH]ccc2c(=[N+](C)[C@]2([2H])C([2H])([2H])N(C(=O)C([2H])([2H])[N+]#[C-])C([2H])([2H])C[C@@]2([2H])C)[nH]1. The molecule has 0 radical (unpaired) electrons. The lowest BCUT2D eigenvalue weighted by Crippen LogP contribution is -2.54. The molecular weight excluding hydrogens is 292 g/mol. The largest absolute Gasteiger partial charge is 0.346 e. The molecule has 2 aromatic heterocycles. The molecule has 2 aromatic rings. The lowest BCUT2D eigenvalue weighted by atomic mass is 9.93. The fourth-order valence-electron chi connectivity index (χ4n) is 2.33. The first-order valence-electron chi connectivity index (χ1n) is 11.3. The highest BCUT2D eigenvalue weighted by Gasteiger charge is 2.33. The van der Waals surface area contributed by atoms with Gasteiger partial charge < -0.3 is 14.7 Å². The average Bonchev–Trinajstić information content (AvgIpc) is 3.11. The number of nitrogens with one attached hydrogen (secondary N) is 2. The number of aromatic amines is 2. The van der Waals surface area contributed by atoms with Crippen molar-refractivity contribution in [2.75, 3.05) is 26.5 Å². The third-order valence-electron chi connectivity index (χ3n) is 3.47. The van der Waals surface area contributed by atoms with Gasteiger partial charge in [-0.3, -0.25) is 9.37 Å². The quantitative estimate of drug-likeness (QED) is 0.622. The van der Waals surface area contributed by atoms with Crippen molar-refractivity contribution in [1.29, 1.82) is 0 Å². The highest BCUT2D eigenvalue weighted by molar-refractivity contribution is 5.79. The standard InChI is InChI=1S/C16H20N6O/c1-11-5-7-22(14(23)8-17-2)9-13(11)21(3)16-12-4-6-18-15(12)19-10-20-16/h4,6,10-11,13H,5,7-9H2,1,3H3,(H,18,19,20)/p+1/t11-,13-/m1/s1/i7D2,8D2,9D2,10D,11D,13D. The van der Waals surface area contributed by atoms with Crippen molar-refractivity contribution in [3.63, 3.8) is 0 Å². The molecule has 0 bridgehead atoms. The summed E-state index contributed by atoms with van der Waals surface area (Å²) in [6.07, 6.45) is 0.330. The number of amides is 1. The van der Waals surface area contributed by atoms with Crippen LogP contribution in [0.2, 0.25) is 0 Å². The Labute approximate surface area is 147 Å². The Hall–Kier alpha value is -2.62. The number of carbonyl (C=O) groups is 1. The molecule has 7 nitrogen and oxygen atoms in total. The molecule has 0 unspecified atom stereocenters. The predicted molar refractivity (Wildman–Crippen MR) is 87.3 cm³/mol. The molecule has 2 atom stereocenters. The minimum absolute atomic E-state index is 0.0154. The van der Waals surface area contributed by atoms with E-state index in [1.54, 1.807) is 6.07 Å². The Morgan fingerprint density at radius 1 is 1.78 bits per heavy atom. The third-order valence-corrected chi connectivity index (χ3v) is 3.47. The molecule has 0 saturated carbocycles. The second-order valence-electron chi connectivity index (χ2n) is 4.94. The molecule has 120 valence electrons. The maximum absolute atomic E-state index is 12.8. The van der Waals surface area contributed by atoms with Gasteiger partial charge in [0.25, 0.3) is 12.0 Å². The van der Waals surface area contributed by atoms with Crippen molar-refractivity contribution >= 4 is 16.9 Å². The Morgan fingerprint density at radius 3 is 3.39 bits per heavy atom. The number of rotatable bonds is 2. The molecule has 0 spiro atoms. The first-order valence-corrected chi connectivity index (χ1v) is 6.78. The Bertz CT molecular complexity index is 1210. The monoisotopic (exact) mass is 322 g/mol. The van der Waals surface area contributed by atoms with Gasteiger partial charge in [0.15, 0.2) is 6.30 Å². The van der Waals surface area contributed by atoms with Crippen LogP contribution in [0.25, 0.3) is 15.9 Å². The zero-order valence-corrected chi connectivity index (χ0v) is 12.6. The topological polar surface area (TPSA) is 72.2 Å². The van der Waals surface area contributed by atoms with Crippen LogP contribution in [0.5, 0.6) is 0 Å². The molecule has 23 heavy (non-hydrogen) atoms. The van der Waals surface area contributed by atoms with E-state index < -0.39 is 43.7 Å². The van der Waals surface area contributed by atoms with E-state index in [1.807, 2.05) is 0 Å². The van der Waals surface area contributed by atoms with Crippen LogP contribution in [-0.2, 0) is 4.79 Å². The molecule has 1 amide bonds. The van der Waals surface area contributed by atoms with Crippen LogP contribution >= 0.6 is 0 Å². The van der Waals surface area contributed by atoms with Crippen LogP contribution < -0.4 is 10.1 Å². The van der Waals surface area contributed by atoms with E-state index in [1.165, 1.54) is 13.2 Å². The predicted octanol–water partition coefficient (Wildman–Crippen LogP) is 0.449. The minimum Gasteiger partial charge on any atom is -0.346 e. The maximum atomic E-state index is 12.8. The third kappa shape index (κ3) is 2.84. The van der Waals surface area contributed by atoms with Gasteiger partial charge in [-0.05, 0) is 18.4 Å². The van der Waals surface area contributed by atoms with Gasteiger partial charge in [0.2, 0.25) is 0 Å². The van der Waals surface area contributed by atoms with Gasteiger partial charge in [-0.15, -0.1) is 0 Å². The smallest absolute Gasteiger partial charge is 0.302 e. The molecule has 1 aliphatic heterocycles. The highest BCUT2D eigenvalue weighted by Crippen LogP contribution is 2.18. The van der Waals surface area contributed by atoms with E-state index in [0.29, 0.717) is 5.39 Å². The second kappa shape index (κ2) is 6.24. The normalized spacial score (nSPS) is 39.9. The van der Waals surface area contributed by atoms with Gasteiger partial charge in [-0.1, -0.05) is 6.92 Å². The Balaban J connectivity index is 2.41. The van der Waals surface area contributed by atoms with Crippen LogP contribution in [0.3, 0.4) is 0 Å². The van der Waals surface area contributed by atoms with E-state index in [9.17, 15) is 4.79 Å². The molecule has 0 aromatic carbocycles. The Kier molecular flexibility index (Phi) is 2.11. The lowest BCUT2D eigenvalue weighted by molar-refractivity contribution is -0.131. The summed E-state index contributed by atoms with van der Waals surface area (Å²) in [6.45, 7) is -1.36. The number of carbonyl (C=O) groups excluding carboxylic acids is 1. The summed E-state index contributed by atoms with van der Waals surface area (Å²) in [5.74, 6) is -3.96. The number of piperidine rings is 1. The van der Waals surface area contributed by atoms with Crippen LogP contribution in [0, 0.1) is 12.5 Å². The van der Waals surface area contributed by atoms with Crippen LogP contribution in [-0.4, -0.2) is 58.3 Å². The van der Waals surface area contributed by atoms with Gasteiger partial charge in [0.1, 0.15) is 21.2 Å².